The van der Waals surface area contributed by atoms with Gasteiger partial charge in [-0.05, 0) is 36.8 Å². The largest absolute Gasteiger partial charge is 0.497 e. The van der Waals surface area contributed by atoms with E-state index in [9.17, 15) is 9.59 Å². The minimum absolute atomic E-state index is 0.0547. The highest BCUT2D eigenvalue weighted by atomic mass is 127. The standard InChI is InChI=1S/C22H23IO5/c1-4-18(24)16-10-14(22(25)27-5-2)11-17-20(19(12-23)28-21(16)17)13-7-6-8-15(9-13)26-3/h6-11,19-20H,4-5,12H2,1-3H3/t19-,20+/m1/s1. The second-order valence-electron chi connectivity index (χ2n) is 6.50. The summed E-state index contributed by atoms with van der Waals surface area (Å²) in [4.78, 5) is 25.0. The Morgan fingerprint density at radius 1 is 1.18 bits per heavy atom. The van der Waals surface area contributed by atoms with Gasteiger partial charge in [0, 0.05) is 16.4 Å². The zero-order chi connectivity index (χ0) is 20.3. The van der Waals surface area contributed by atoms with E-state index >= 15 is 0 Å². The average Bonchev–Trinajstić information content (AvgIpc) is 3.11. The lowest BCUT2D eigenvalue weighted by atomic mass is 9.86. The van der Waals surface area contributed by atoms with Crippen molar-refractivity contribution >= 4 is 34.3 Å². The van der Waals surface area contributed by atoms with Gasteiger partial charge in [0.25, 0.3) is 0 Å². The van der Waals surface area contributed by atoms with Gasteiger partial charge >= 0.3 is 5.97 Å². The lowest BCUT2D eigenvalue weighted by Gasteiger charge is -2.18. The number of Topliss-reactive ketones (excluding diaryl/α,β-unsaturated/α-hetero) is 1. The Labute approximate surface area is 178 Å². The summed E-state index contributed by atoms with van der Waals surface area (Å²) in [6.45, 7) is 3.84. The third-order valence-electron chi connectivity index (χ3n) is 4.83. The van der Waals surface area contributed by atoms with Crippen LogP contribution < -0.4 is 9.47 Å². The number of ketones is 1. The lowest BCUT2D eigenvalue weighted by molar-refractivity contribution is 0.0526. The van der Waals surface area contributed by atoms with Crippen molar-refractivity contribution in [3.63, 3.8) is 0 Å². The number of esters is 1. The predicted molar refractivity (Wildman–Crippen MR) is 115 cm³/mol. The van der Waals surface area contributed by atoms with Crippen LogP contribution in [0.15, 0.2) is 36.4 Å². The van der Waals surface area contributed by atoms with Crippen LogP contribution in [0.3, 0.4) is 0 Å². The van der Waals surface area contributed by atoms with Crippen LogP contribution in [0.4, 0.5) is 0 Å². The van der Waals surface area contributed by atoms with Gasteiger partial charge in [-0.2, -0.15) is 0 Å². The summed E-state index contributed by atoms with van der Waals surface area (Å²) in [5.41, 5.74) is 2.69. The summed E-state index contributed by atoms with van der Waals surface area (Å²) in [5.74, 6) is 0.748. The smallest absolute Gasteiger partial charge is 0.338 e. The van der Waals surface area contributed by atoms with Crippen LogP contribution in [-0.4, -0.2) is 36.0 Å². The van der Waals surface area contributed by atoms with Crippen molar-refractivity contribution in [2.45, 2.75) is 32.3 Å². The summed E-state index contributed by atoms with van der Waals surface area (Å²) >= 11 is 2.29. The van der Waals surface area contributed by atoms with Crippen LogP contribution in [-0.2, 0) is 4.74 Å². The highest BCUT2D eigenvalue weighted by Gasteiger charge is 2.38. The zero-order valence-electron chi connectivity index (χ0n) is 16.2. The van der Waals surface area contributed by atoms with Gasteiger partial charge in [-0.1, -0.05) is 41.6 Å². The van der Waals surface area contributed by atoms with Crippen LogP contribution >= 0.6 is 22.6 Å². The molecule has 0 unspecified atom stereocenters. The highest BCUT2D eigenvalue weighted by Crippen LogP contribution is 2.46. The van der Waals surface area contributed by atoms with E-state index in [0.29, 0.717) is 23.3 Å². The average molecular weight is 494 g/mol. The molecule has 0 spiro atoms. The Morgan fingerprint density at radius 3 is 2.61 bits per heavy atom. The van der Waals surface area contributed by atoms with Crippen molar-refractivity contribution in [2.75, 3.05) is 18.1 Å². The molecular formula is C22H23IO5. The van der Waals surface area contributed by atoms with Crippen molar-refractivity contribution in [1.29, 1.82) is 0 Å². The minimum atomic E-state index is -0.433. The number of carbonyl (C=O) groups excluding carboxylic acids is 2. The molecule has 1 heterocycles. The number of hydrogen-bond donors (Lipinski definition) is 0. The topological polar surface area (TPSA) is 61.8 Å². The molecule has 0 aromatic heterocycles. The first kappa shape index (κ1) is 20.6. The van der Waals surface area contributed by atoms with Crippen molar-refractivity contribution in [3.05, 3.63) is 58.7 Å². The number of alkyl halides is 1. The fourth-order valence-corrected chi connectivity index (χ4v) is 4.20. The first-order valence-electron chi connectivity index (χ1n) is 9.28. The van der Waals surface area contributed by atoms with Crippen molar-refractivity contribution in [1.82, 2.24) is 0 Å². The van der Waals surface area contributed by atoms with Crippen molar-refractivity contribution in [3.8, 4) is 11.5 Å². The Morgan fingerprint density at radius 2 is 1.96 bits per heavy atom. The number of carbonyl (C=O) groups is 2. The molecule has 2 atom stereocenters. The van der Waals surface area contributed by atoms with E-state index in [0.717, 1.165) is 21.3 Å². The predicted octanol–water partition coefficient (Wildman–Crippen LogP) is 4.79. The van der Waals surface area contributed by atoms with E-state index in [2.05, 4.69) is 22.6 Å². The molecule has 1 aliphatic rings. The lowest BCUT2D eigenvalue weighted by Crippen LogP contribution is -2.21. The molecule has 0 N–H and O–H groups in total. The number of benzene rings is 2. The quantitative estimate of drug-likeness (QED) is 0.240. The monoisotopic (exact) mass is 494 g/mol. The van der Waals surface area contributed by atoms with Gasteiger partial charge in [0.2, 0.25) is 0 Å². The molecule has 2 aromatic carbocycles. The maximum Gasteiger partial charge on any atom is 0.338 e. The van der Waals surface area contributed by atoms with Gasteiger partial charge < -0.3 is 14.2 Å². The van der Waals surface area contributed by atoms with E-state index in [1.165, 1.54) is 0 Å². The summed E-state index contributed by atoms with van der Waals surface area (Å²) in [6.07, 6.45) is 0.199. The van der Waals surface area contributed by atoms with E-state index in [1.54, 1.807) is 33.1 Å². The van der Waals surface area contributed by atoms with Gasteiger partial charge in [-0.15, -0.1) is 0 Å². The molecule has 0 radical (unpaired) electrons. The number of hydrogen-bond acceptors (Lipinski definition) is 5. The van der Waals surface area contributed by atoms with Crippen LogP contribution in [0.25, 0.3) is 0 Å². The van der Waals surface area contributed by atoms with Crippen LogP contribution in [0.2, 0.25) is 0 Å². The van der Waals surface area contributed by atoms with E-state index in [-0.39, 0.29) is 24.4 Å². The van der Waals surface area contributed by atoms with Gasteiger partial charge in [0.1, 0.15) is 17.6 Å². The molecule has 0 amide bonds. The zero-order valence-corrected chi connectivity index (χ0v) is 18.3. The molecule has 0 saturated carbocycles. The maximum absolute atomic E-state index is 12.6. The van der Waals surface area contributed by atoms with Gasteiger partial charge in [0.05, 0.1) is 30.8 Å². The van der Waals surface area contributed by atoms with Crippen LogP contribution in [0.1, 0.15) is 58.0 Å². The van der Waals surface area contributed by atoms with Crippen LogP contribution in [0.5, 0.6) is 11.5 Å². The molecule has 148 valence electrons. The SMILES string of the molecule is CCOC(=O)c1cc(C(=O)CC)c2c(c1)[C@H](c1cccc(OC)c1)[C@@H](CI)O2. The normalized spacial score (nSPS) is 17.6. The fraction of sp³-hybridized carbons (Fsp3) is 0.364. The van der Waals surface area contributed by atoms with E-state index in [1.807, 2.05) is 24.3 Å². The molecule has 3 rings (SSSR count). The summed E-state index contributed by atoms with van der Waals surface area (Å²) in [6, 6.07) is 11.2. The molecule has 5 nitrogen and oxygen atoms in total. The highest BCUT2D eigenvalue weighted by molar-refractivity contribution is 14.1. The van der Waals surface area contributed by atoms with Crippen LogP contribution in [0, 0.1) is 0 Å². The summed E-state index contributed by atoms with van der Waals surface area (Å²) in [5, 5.41) is 0. The Hall–Kier alpha value is -2.09. The molecule has 0 aliphatic carbocycles. The molecule has 0 fully saturated rings. The van der Waals surface area contributed by atoms with E-state index < -0.39 is 5.97 Å². The molecule has 2 aromatic rings. The maximum atomic E-state index is 12.6. The molecule has 1 aliphatic heterocycles. The number of methoxy groups -OCH3 is 1. The number of fused-ring (bicyclic) bond motifs is 1. The van der Waals surface area contributed by atoms with Crippen molar-refractivity contribution in [2.24, 2.45) is 0 Å². The third-order valence-corrected chi connectivity index (χ3v) is 5.70. The first-order valence-corrected chi connectivity index (χ1v) is 10.8. The molecule has 0 saturated heterocycles. The molecule has 6 heteroatoms. The van der Waals surface area contributed by atoms with Gasteiger partial charge in [0.15, 0.2) is 5.78 Å². The molecule has 28 heavy (non-hydrogen) atoms. The Balaban J connectivity index is 2.19. The fourth-order valence-electron chi connectivity index (χ4n) is 3.51. The van der Waals surface area contributed by atoms with Gasteiger partial charge in [-0.3, -0.25) is 4.79 Å². The minimum Gasteiger partial charge on any atom is -0.497 e. The molecular weight excluding hydrogens is 471 g/mol. The second-order valence-corrected chi connectivity index (χ2v) is 7.39. The number of ether oxygens (including phenoxy) is 3. The van der Waals surface area contributed by atoms with Gasteiger partial charge in [-0.25, -0.2) is 4.79 Å². The molecule has 0 bridgehead atoms. The first-order chi connectivity index (χ1) is 13.5. The summed E-state index contributed by atoms with van der Waals surface area (Å²) < 4.78 is 17.5. The Kier molecular flexibility index (Phi) is 6.59. The summed E-state index contributed by atoms with van der Waals surface area (Å²) in [7, 11) is 1.63. The second kappa shape index (κ2) is 8.94. The Bertz CT molecular complexity index is 892. The number of rotatable bonds is 7. The van der Waals surface area contributed by atoms with Crippen molar-refractivity contribution < 1.29 is 23.8 Å². The number of halogens is 1. The third kappa shape index (κ3) is 3.87. The van der Waals surface area contributed by atoms with E-state index in [4.69, 9.17) is 14.2 Å².